The Hall–Kier alpha value is -4.07. The van der Waals surface area contributed by atoms with Crippen molar-refractivity contribution >= 4 is 12.0 Å². The highest BCUT2D eigenvalue weighted by atomic mass is 16.5. The molecule has 186 valence electrons. The van der Waals surface area contributed by atoms with Gasteiger partial charge >= 0.3 is 6.01 Å². The predicted octanol–water partition coefficient (Wildman–Crippen LogP) is 5.69. The van der Waals surface area contributed by atoms with Gasteiger partial charge in [0.1, 0.15) is 6.61 Å². The normalized spacial score (nSPS) is 14.3. The molecule has 1 aromatic carbocycles. The lowest BCUT2D eigenvalue weighted by Gasteiger charge is -2.15. The lowest BCUT2D eigenvalue weighted by atomic mass is 10.2. The summed E-state index contributed by atoms with van der Waals surface area (Å²) in [4.78, 5) is 4.45. The van der Waals surface area contributed by atoms with E-state index in [0.717, 1.165) is 22.5 Å². The molecule has 1 heterocycles. The van der Waals surface area contributed by atoms with Crippen molar-refractivity contribution in [2.75, 3.05) is 18.5 Å². The summed E-state index contributed by atoms with van der Waals surface area (Å²) in [5, 5.41) is 14.7. The number of aromatic nitrogens is 2. The van der Waals surface area contributed by atoms with Crippen LogP contribution in [0.2, 0.25) is 0 Å². The monoisotopic (exact) mass is 476 g/mol. The summed E-state index contributed by atoms with van der Waals surface area (Å²) >= 11 is 0. The van der Waals surface area contributed by atoms with Crippen LogP contribution < -0.4 is 16.4 Å². The molecule has 2 aromatic rings. The Bertz CT molecular complexity index is 1110. The van der Waals surface area contributed by atoms with Crippen LogP contribution in [0.15, 0.2) is 98.9 Å². The maximum atomic E-state index is 5.90. The van der Waals surface area contributed by atoms with Gasteiger partial charge in [-0.2, -0.15) is 0 Å². The van der Waals surface area contributed by atoms with E-state index in [9.17, 15) is 0 Å². The lowest BCUT2D eigenvalue weighted by molar-refractivity contribution is 0.326. The number of nitrogens with two attached hydrogens (primary N) is 1. The number of rotatable bonds is 8. The molecule has 0 spiro atoms. The summed E-state index contributed by atoms with van der Waals surface area (Å²) in [5.41, 5.74) is 10.2. The number of amidine groups is 1. The minimum Gasteiger partial charge on any atom is -0.460 e. The van der Waals surface area contributed by atoms with Gasteiger partial charge in [-0.25, -0.2) is 4.99 Å². The van der Waals surface area contributed by atoms with Crippen molar-refractivity contribution in [1.29, 1.82) is 0 Å². The molecule has 0 aliphatic heterocycles. The van der Waals surface area contributed by atoms with Crippen molar-refractivity contribution in [2.24, 2.45) is 10.7 Å². The Morgan fingerprint density at radius 1 is 1.20 bits per heavy atom. The quantitative estimate of drug-likeness (QED) is 0.255. The highest BCUT2D eigenvalue weighted by molar-refractivity contribution is 5.76. The first-order valence-corrected chi connectivity index (χ1v) is 11.8. The molecule has 1 aliphatic carbocycles. The van der Waals surface area contributed by atoms with Crippen LogP contribution in [-0.2, 0) is 4.74 Å². The van der Waals surface area contributed by atoms with Crippen LogP contribution in [0.5, 0.6) is 0 Å². The Morgan fingerprint density at radius 2 is 1.97 bits per heavy atom. The van der Waals surface area contributed by atoms with Gasteiger partial charge in [-0.15, -0.1) is 5.10 Å². The maximum Gasteiger partial charge on any atom is 0.320 e. The van der Waals surface area contributed by atoms with Crippen molar-refractivity contribution in [3.05, 3.63) is 89.5 Å². The van der Waals surface area contributed by atoms with Gasteiger partial charge in [0.2, 0.25) is 5.89 Å². The molecule has 4 N–H and O–H groups in total. The summed E-state index contributed by atoms with van der Waals surface area (Å²) in [6, 6.07) is 10.4. The molecule has 8 nitrogen and oxygen atoms in total. The van der Waals surface area contributed by atoms with E-state index in [-0.39, 0.29) is 0 Å². The van der Waals surface area contributed by atoms with Crippen molar-refractivity contribution in [3.8, 4) is 11.5 Å². The fourth-order valence-electron chi connectivity index (χ4n) is 3.04. The highest BCUT2D eigenvalue weighted by Crippen LogP contribution is 2.22. The number of hydrogen-bond acceptors (Lipinski definition) is 7. The SMILES string of the molecule is C/C=C(\C=C/N)COC(=NCC)NC1=CC(Nc2nnc(-c3ccccc3)o2)=CC=C(C)C1.CC. The molecule has 0 radical (unpaired) electrons. The average Bonchev–Trinajstić information content (AvgIpc) is 3.27. The smallest absolute Gasteiger partial charge is 0.320 e. The van der Waals surface area contributed by atoms with E-state index in [1.54, 1.807) is 6.08 Å². The second kappa shape index (κ2) is 15.0. The number of ether oxygens (including phenoxy) is 1. The number of nitrogens with one attached hydrogen (secondary N) is 2. The van der Waals surface area contributed by atoms with Crippen molar-refractivity contribution in [3.63, 3.8) is 0 Å². The zero-order valence-corrected chi connectivity index (χ0v) is 21.2. The molecule has 0 atom stereocenters. The van der Waals surface area contributed by atoms with Crippen LogP contribution in [0.25, 0.3) is 11.5 Å². The zero-order chi connectivity index (χ0) is 25.5. The minimum atomic E-state index is 0.314. The van der Waals surface area contributed by atoms with Gasteiger partial charge in [0, 0.05) is 29.9 Å². The Kier molecular flexibility index (Phi) is 11.6. The third-order valence-corrected chi connectivity index (χ3v) is 4.67. The molecule has 0 saturated heterocycles. The number of allylic oxidation sites excluding steroid dienone is 5. The second-order valence-corrected chi connectivity index (χ2v) is 7.30. The molecular formula is C27H36N6O2. The number of anilines is 1. The fourth-order valence-corrected chi connectivity index (χ4v) is 3.04. The summed E-state index contributed by atoms with van der Waals surface area (Å²) in [5.74, 6) is 0.457. The largest absolute Gasteiger partial charge is 0.460 e. The molecule has 35 heavy (non-hydrogen) atoms. The summed E-state index contributed by atoms with van der Waals surface area (Å²) in [6.07, 6.45) is 12.0. The molecular weight excluding hydrogens is 440 g/mol. The van der Waals surface area contributed by atoms with Crippen molar-refractivity contribution < 1.29 is 9.15 Å². The van der Waals surface area contributed by atoms with Crippen molar-refractivity contribution in [2.45, 2.75) is 41.0 Å². The van der Waals surface area contributed by atoms with Gasteiger partial charge in [0.25, 0.3) is 6.02 Å². The lowest BCUT2D eigenvalue weighted by Crippen LogP contribution is -2.27. The topological polar surface area (TPSA) is 111 Å². The van der Waals surface area contributed by atoms with Gasteiger partial charge in [0.05, 0.1) is 0 Å². The average molecular weight is 477 g/mol. The van der Waals surface area contributed by atoms with Gasteiger partial charge in [0.15, 0.2) is 0 Å². The second-order valence-electron chi connectivity index (χ2n) is 7.30. The number of nitrogens with zero attached hydrogens (tertiary/aromatic N) is 3. The highest BCUT2D eigenvalue weighted by Gasteiger charge is 2.12. The van der Waals surface area contributed by atoms with Gasteiger partial charge in [-0.1, -0.05) is 54.9 Å². The van der Waals surface area contributed by atoms with E-state index in [4.69, 9.17) is 14.9 Å². The van der Waals surface area contributed by atoms with Crippen LogP contribution in [0.3, 0.4) is 0 Å². The Balaban J connectivity index is 0.00000210. The standard InChI is InChI=1S/C25H30N6O2.C2H6/c1-4-19(13-14-26)17-32-24(27-5-2)29-22-15-18(3)11-12-21(16-22)28-25-31-30-23(33-25)20-9-7-6-8-10-20;1-2/h4,6-14,16H,5,15,17,26H2,1-3H3,(H,27,29)(H,28,31);1-2H3/b14-13-,19-4+;. The zero-order valence-electron chi connectivity index (χ0n) is 21.2. The van der Waals surface area contributed by atoms with Gasteiger partial charge < -0.3 is 25.5 Å². The summed E-state index contributed by atoms with van der Waals surface area (Å²) in [6.45, 7) is 10.9. The molecule has 0 saturated carbocycles. The molecule has 0 bridgehead atoms. The predicted molar refractivity (Wildman–Crippen MR) is 143 cm³/mol. The van der Waals surface area contributed by atoms with Crippen molar-refractivity contribution in [1.82, 2.24) is 15.5 Å². The molecule has 0 unspecified atom stereocenters. The molecule has 1 aromatic heterocycles. The first-order chi connectivity index (χ1) is 17.1. The van der Waals surface area contributed by atoms with Gasteiger partial charge in [-0.3, -0.25) is 0 Å². The van der Waals surface area contributed by atoms with E-state index in [0.29, 0.717) is 37.5 Å². The number of hydrogen-bond donors (Lipinski definition) is 3. The maximum absolute atomic E-state index is 5.90. The Labute approximate surface area is 208 Å². The molecule has 1 aliphatic rings. The molecule has 8 heteroatoms. The summed E-state index contributed by atoms with van der Waals surface area (Å²) in [7, 11) is 0. The van der Waals surface area contributed by atoms with E-state index < -0.39 is 0 Å². The van der Waals surface area contributed by atoms with Gasteiger partial charge in [-0.05, 0) is 62.9 Å². The van der Waals surface area contributed by atoms with Crippen LogP contribution in [0.4, 0.5) is 6.01 Å². The van der Waals surface area contributed by atoms with Crippen LogP contribution >= 0.6 is 0 Å². The molecule has 0 fully saturated rings. The number of benzene rings is 1. The first-order valence-electron chi connectivity index (χ1n) is 11.8. The third-order valence-electron chi connectivity index (χ3n) is 4.67. The van der Waals surface area contributed by atoms with E-state index in [1.807, 2.05) is 82.3 Å². The van der Waals surface area contributed by atoms with E-state index in [2.05, 4.69) is 32.7 Å². The van der Waals surface area contributed by atoms with E-state index in [1.165, 1.54) is 11.8 Å². The number of aliphatic imine (C=N–C) groups is 1. The third kappa shape index (κ3) is 9.00. The van der Waals surface area contributed by atoms with E-state index >= 15 is 0 Å². The minimum absolute atomic E-state index is 0.314. The Morgan fingerprint density at radius 3 is 2.66 bits per heavy atom. The molecule has 3 rings (SSSR count). The molecule has 0 amide bonds. The van der Waals surface area contributed by atoms with Crippen LogP contribution in [-0.4, -0.2) is 29.4 Å². The first kappa shape index (κ1) is 27.2. The fraction of sp³-hybridized carbons (Fsp3) is 0.296. The van der Waals surface area contributed by atoms with Crippen LogP contribution in [0, 0.1) is 0 Å². The summed E-state index contributed by atoms with van der Waals surface area (Å²) < 4.78 is 11.7. The van der Waals surface area contributed by atoms with Crippen LogP contribution in [0.1, 0.15) is 41.0 Å².